The first-order valence-corrected chi connectivity index (χ1v) is 11.6. The molecule has 0 aromatic carbocycles. The average Bonchev–Trinajstić information content (AvgIpc) is 2.63. The van der Waals surface area contributed by atoms with Gasteiger partial charge in [-0.1, -0.05) is 20.3 Å². The molecular weight excluding hydrogens is 336 g/mol. The third-order valence-corrected chi connectivity index (χ3v) is 8.42. The Bertz CT molecular complexity index is 494. The smallest absolute Gasteiger partial charge is 0.0824 e. The molecule has 0 spiro atoms. The minimum absolute atomic E-state index is 0.301. The second kappa shape index (κ2) is 7.95. The van der Waals surface area contributed by atoms with E-state index in [1.807, 2.05) is 13.8 Å². The molecule has 0 saturated heterocycles. The van der Waals surface area contributed by atoms with Crippen molar-refractivity contribution in [2.24, 2.45) is 29.1 Å². The largest absolute Gasteiger partial charge is 0.390 e. The van der Waals surface area contributed by atoms with Crippen LogP contribution in [0, 0.1) is 29.1 Å². The first-order chi connectivity index (χ1) is 12.5. The van der Waals surface area contributed by atoms with Crippen LogP contribution in [0.1, 0.15) is 98.8 Å². The summed E-state index contributed by atoms with van der Waals surface area (Å²) >= 11 is 0. The first kappa shape index (κ1) is 21.6. The van der Waals surface area contributed by atoms with Crippen LogP contribution in [0.4, 0.5) is 0 Å². The van der Waals surface area contributed by atoms with Gasteiger partial charge in [0, 0.05) is 0 Å². The molecule has 3 aliphatic rings. The molecule has 27 heavy (non-hydrogen) atoms. The number of ether oxygens (including phenoxy) is 1. The van der Waals surface area contributed by atoms with Gasteiger partial charge >= 0.3 is 0 Å². The molecule has 0 aliphatic heterocycles. The van der Waals surface area contributed by atoms with Gasteiger partial charge in [-0.3, -0.25) is 0 Å². The third-order valence-electron chi connectivity index (χ3n) is 8.42. The summed E-state index contributed by atoms with van der Waals surface area (Å²) < 4.78 is 6.12. The molecule has 3 saturated carbocycles. The molecule has 0 aromatic rings. The maximum atomic E-state index is 10.6. The lowest BCUT2D eigenvalue weighted by Crippen LogP contribution is -2.51. The number of hydrogen-bond acceptors (Lipinski definition) is 3. The molecule has 3 aliphatic carbocycles. The van der Waals surface area contributed by atoms with Crippen molar-refractivity contribution in [2.75, 3.05) is 6.61 Å². The lowest BCUT2D eigenvalue weighted by molar-refractivity contribution is -0.118. The van der Waals surface area contributed by atoms with Gasteiger partial charge in [-0.05, 0) is 108 Å². The van der Waals surface area contributed by atoms with Gasteiger partial charge in [-0.25, -0.2) is 0 Å². The number of fused-ring (bicyclic) bond motifs is 3. The van der Waals surface area contributed by atoms with Crippen molar-refractivity contribution < 1.29 is 14.9 Å². The van der Waals surface area contributed by atoms with Gasteiger partial charge in [0.25, 0.3) is 0 Å². The van der Waals surface area contributed by atoms with E-state index in [0.717, 1.165) is 43.4 Å². The molecule has 3 heteroatoms. The second-order valence-corrected chi connectivity index (χ2v) is 11.5. The van der Waals surface area contributed by atoms with E-state index in [0.29, 0.717) is 24.0 Å². The fraction of sp³-hybridized carbons (Fsp3) is 1.00. The summed E-state index contributed by atoms with van der Waals surface area (Å²) in [6, 6.07) is 0. The zero-order valence-corrected chi connectivity index (χ0v) is 18.5. The van der Waals surface area contributed by atoms with Crippen LogP contribution in [-0.2, 0) is 4.74 Å². The Balaban J connectivity index is 1.70. The van der Waals surface area contributed by atoms with Gasteiger partial charge in [-0.2, -0.15) is 0 Å². The Hall–Kier alpha value is -0.120. The molecule has 3 fully saturated rings. The normalized spacial score (nSPS) is 46.6. The highest BCUT2D eigenvalue weighted by Gasteiger charge is 2.53. The fourth-order valence-corrected chi connectivity index (χ4v) is 6.70. The highest BCUT2D eigenvalue weighted by Crippen LogP contribution is 2.60. The Labute approximate surface area is 167 Å². The summed E-state index contributed by atoms with van der Waals surface area (Å²) in [6.45, 7) is 11.2. The summed E-state index contributed by atoms with van der Waals surface area (Å²) in [6.07, 6.45) is 12.2. The van der Waals surface area contributed by atoms with Crippen LogP contribution in [0.2, 0.25) is 0 Å². The van der Waals surface area contributed by atoms with Crippen LogP contribution < -0.4 is 0 Å². The molecule has 2 N–H and O–H groups in total. The van der Waals surface area contributed by atoms with E-state index in [4.69, 9.17) is 4.74 Å². The maximum Gasteiger partial charge on any atom is 0.0824 e. The van der Waals surface area contributed by atoms with Gasteiger partial charge in [0.1, 0.15) is 0 Å². The van der Waals surface area contributed by atoms with E-state index < -0.39 is 11.2 Å². The van der Waals surface area contributed by atoms with Crippen molar-refractivity contribution in [3.05, 3.63) is 0 Å². The summed E-state index contributed by atoms with van der Waals surface area (Å²) in [5.74, 6) is 3.08. The Morgan fingerprint density at radius 1 is 1.00 bits per heavy atom. The summed E-state index contributed by atoms with van der Waals surface area (Å²) in [4.78, 5) is 0. The van der Waals surface area contributed by atoms with Gasteiger partial charge in [0.05, 0.1) is 23.9 Å². The minimum atomic E-state index is -0.738. The van der Waals surface area contributed by atoms with E-state index in [2.05, 4.69) is 20.8 Å². The van der Waals surface area contributed by atoms with Gasteiger partial charge in [0.2, 0.25) is 0 Å². The lowest BCUT2D eigenvalue weighted by atomic mass is 9.48. The van der Waals surface area contributed by atoms with Crippen molar-refractivity contribution in [3.63, 3.8) is 0 Å². The molecular formula is C24H44O3. The van der Waals surface area contributed by atoms with Crippen LogP contribution in [0.5, 0.6) is 0 Å². The van der Waals surface area contributed by atoms with Crippen LogP contribution >= 0.6 is 0 Å². The van der Waals surface area contributed by atoms with Crippen molar-refractivity contribution in [2.45, 2.75) is 116 Å². The molecule has 3 unspecified atom stereocenters. The lowest BCUT2D eigenvalue weighted by Gasteiger charge is -2.57. The van der Waals surface area contributed by atoms with E-state index >= 15 is 0 Å². The van der Waals surface area contributed by atoms with Crippen LogP contribution in [0.15, 0.2) is 0 Å². The minimum Gasteiger partial charge on any atom is -0.390 e. The standard InChI is InChI=1S/C24H44O3/c1-17-9-11-19(27-16-22(2,3)25)7-6-8-21-20(17)12-10-18-15-23(4,26)13-14-24(18,21)5/h17-21,25-26H,6-16H2,1-5H3/t17?,18-,19+,20?,21?,23-,24-/m0/s1. The molecule has 0 aromatic heterocycles. The zero-order valence-electron chi connectivity index (χ0n) is 18.5. The van der Waals surface area contributed by atoms with Crippen molar-refractivity contribution in [1.82, 2.24) is 0 Å². The average molecular weight is 381 g/mol. The quantitative estimate of drug-likeness (QED) is 0.696. The number of hydrogen-bond donors (Lipinski definition) is 2. The van der Waals surface area contributed by atoms with Gasteiger partial charge in [0.15, 0.2) is 0 Å². The highest BCUT2D eigenvalue weighted by molar-refractivity contribution is 5.03. The molecule has 0 amide bonds. The Kier molecular flexibility index (Phi) is 6.36. The molecule has 7 atom stereocenters. The zero-order chi connectivity index (χ0) is 19.9. The second-order valence-electron chi connectivity index (χ2n) is 11.5. The van der Waals surface area contributed by atoms with E-state index in [1.165, 1.54) is 38.5 Å². The molecule has 0 heterocycles. The summed E-state index contributed by atoms with van der Waals surface area (Å²) in [5, 5.41) is 20.7. The Morgan fingerprint density at radius 3 is 2.44 bits per heavy atom. The topological polar surface area (TPSA) is 49.7 Å². The van der Waals surface area contributed by atoms with Crippen LogP contribution in [0.3, 0.4) is 0 Å². The van der Waals surface area contributed by atoms with Crippen LogP contribution in [-0.4, -0.2) is 34.1 Å². The van der Waals surface area contributed by atoms with E-state index in [-0.39, 0.29) is 0 Å². The predicted octanol–water partition coefficient (Wildman–Crippen LogP) is 5.33. The van der Waals surface area contributed by atoms with E-state index in [1.54, 1.807) is 0 Å². The molecule has 0 radical (unpaired) electrons. The van der Waals surface area contributed by atoms with Crippen molar-refractivity contribution in [1.29, 1.82) is 0 Å². The summed E-state index contributed by atoms with van der Waals surface area (Å²) in [5.41, 5.74) is -0.776. The van der Waals surface area contributed by atoms with Crippen molar-refractivity contribution in [3.8, 4) is 0 Å². The highest BCUT2D eigenvalue weighted by atomic mass is 16.5. The van der Waals surface area contributed by atoms with Gasteiger partial charge < -0.3 is 14.9 Å². The molecule has 3 rings (SSSR count). The fourth-order valence-electron chi connectivity index (χ4n) is 6.70. The summed E-state index contributed by atoms with van der Waals surface area (Å²) in [7, 11) is 0. The monoisotopic (exact) mass is 380 g/mol. The van der Waals surface area contributed by atoms with Gasteiger partial charge in [-0.15, -0.1) is 0 Å². The first-order valence-electron chi connectivity index (χ1n) is 11.6. The Morgan fingerprint density at radius 2 is 1.74 bits per heavy atom. The molecule has 0 bridgehead atoms. The predicted molar refractivity (Wildman–Crippen MR) is 111 cm³/mol. The SMILES string of the molecule is CC1CC[C@H](OCC(C)(C)O)CCCC2C1CC[C@H]1C[C@@](C)(O)CC[C@]21C. The number of rotatable bonds is 3. The van der Waals surface area contributed by atoms with Crippen LogP contribution in [0.25, 0.3) is 0 Å². The van der Waals surface area contributed by atoms with Crippen molar-refractivity contribution >= 4 is 0 Å². The third kappa shape index (κ3) is 5.08. The number of aliphatic hydroxyl groups is 2. The van der Waals surface area contributed by atoms with E-state index in [9.17, 15) is 10.2 Å². The molecule has 158 valence electrons. The molecule has 3 nitrogen and oxygen atoms in total. The maximum absolute atomic E-state index is 10.6.